The number of anilines is 1. The van der Waals surface area contributed by atoms with Crippen molar-refractivity contribution in [1.29, 1.82) is 0 Å². The van der Waals surface area contributed by atoms with E-state index in [1.807, 2.05) is 6.07 Å². The summed E-state index contributed by atoms with van der Waals surface area (Å²) >= 11 is 0. The van der Waals surface area contributed by atoms with E-state index in [0.29, 0.717) is 12.1 Å². The van der Waals surface area contributed by atoms with E-state index in [0.717, 1.165) is 45.0 Å². The Morgan fingerprint density at radius 2 is 2.19 bits per heavy atom. The van der Waals surface area contributed by atoms with E-state index < -0.39 is 0 Å². The standard InChI is InChI=1S/C17H26N2O2/c1-14(12-18-13-15-6-4-10-20-15)19-9-5-11-21-17-8-3-2-7-16(17)19/h2-3,7-8,14-15,18H,4-6,9-13H2,1H3. The minimum atomic E-state index is 0.414. The van der Waals surface area contributed by atoms with Gasteiger partial charge in [0.2, 0.25) is 0 Å². The first kappa shape index (κ1) is 14.7. The average Bonchev–Trinajstić information content (AvgIpc) is 2.92. The molecule has 2 unspecified atom stereocenters. The minimum absolute atomic E-state index is 0.414. The lowest BCUT2D eigenvalue weighted by Crippen LogP contribution is -2.42. The largest absolute Gasteiger partial charge is 0.491 e. The van der Waals surface area contributed by atoms with Gasteiger partial charge in [-0.25, -0.2) is 0 Å². The first-order chi connectivity index (χ1) is 10.3. The Labute approximate surface area is 127 Å². The van der Waals surface area contributed by atoms with Crippen molar-refractivity contribution in [3.05, 3.63) is 24.3 Å². The van der Waals surface area contributed by atoms with Crippen LogP contribution in [0.2, 0.25) is 0 Å². The predicted molar refractivity (Wildman–Crippen MR) is 85.2 cm³/mol. The van der Waals surface area contributed by atoms with Crippen molar-refractivity contribution >= 4 is 5.69 Å². The maximum Gasteiger partial charge on any atom is 0.142 e. The van der Waals surface area contributed by atoms with Crippen LogP contribution in [0.15, 0.2) is 24.3 Å². The van der Waals surface area contributed by atoms with Crippen LogP contribution in [0, 0.1) is 0 Å². The number of para-hydroxylation sites is 2. The second-order valence-corrected chi connectivity index (χ2v) is 6.01. The number of hydrogen-bond donors (Lipinski definition) is 1. The van der Waals surface area contributed by atoms with Crippen LogP contribution in [0.1, 0.15) is 26.2 Å². The first-order valence-corrected chi connectivity index (χ1v) is 8.15. The molecule has 0 amide bonds. The Morgan fingerprint density at radius 3 is 3.05 bits per heavy atom. The molecule has 0 saturated carbocycles. The van der Waals surface area contributed by atoms with E-state index in [9.17, 15) is 0 Å². The van der Waals surface area contributed by atoms with Crippen LogP contribution < -0.4 is 15.0 Å². The summed E-state index contributed by atoms with van der Waals surface area (Å²) in [4.78, 5) is 2.46. The lowest BCUT2D eigenvalue weighted by Gasteiger charge is -2.31. The molecule has 1 aromatic carbocycles. The van der Waals surface area contributed by atoms with E-state index >= 15 is 0 Å². The van der Waals surface area contributed by atoms with Crippen molar-refractivity contribution in [2.45, 2.75) is 38.3 Å². The summed E-state index contributed by atoms with van der Waals surface area (Å²) in [6, 6.07) is 8.82. The van der Waals surface area contributed by atoms with E-state index in [-0.39, 0.29) is 0 Å². The summed E-state index contributed by atoms with van der Waals surface area (Å²) in [5, 5.41) is 3.57. The summed E-state index contributed by atoms with van der Waals surface area (Å²) in [6.45, 7) is 7.03. The Hall–Kier alpha value is -1.26. The topological polar surface area (TPSA) is 33.7 Å². The van der Waals surface area contributed by atoms with Gasteiger partial charge in [0.25, 0.3) is 0 Å². The van der Waals surface area contributed by atoms with Crippen LogP contribution >= 0.6 is 0 Å². The molecule has 4 nitrogen and oxygen atoms in total. The lowest BCUT2D eigenvalue weighted by atomic mass is 10.2. The third kappa shape index (κ3) is 3.69. The van der Waals surface area contributed by atoms with Crippen molar-refractivity contribution < 1.29 is 9.47 Å². The van der Waals surface area contributed by atoms with E-state index in [4.69, 9.17) is 9.47 Å². The normalized spacial score (nSPS) is 23.3. The zero-order chi connectivity index (χ0) is 14.5. The minimum Gasteiger partial charge on any atom is -0.491 e. The second-order valence-electron chi connectivity index (χ2n) is 6.01. The summed E-state index contributed by atoms with van der Waals surface area (Å²) in [7, 11) is 0. The monoisotopic (exact) mass is 290 g/mol. The highest BCUT2D eigenvalue weighted by molar-refractivity contribution is 5.59. The third-order valence-electron chi connectivity index (χ3n) is 4.34. The molecule has 0 aromatic heterocycles. The van der Waals surface area contributed by atoms with Gasteiger partial charge in [0.1, 0.15) is 5.75 Å². The number of ether oxygens (including phenoxy) is 2. The van der Waals surface area contributed by atoms with Crippen molar-refractivity contribution in [2.75, 3.05) is 37.7 Å². The summed E-state index contributed by atoms with van der Waals surface area (Å²) in [5.41, 5.74) is 1.22. The van der Waals surface area contributed by atoms with Gasteiger partial charge in [-0.05, 0) is 38.3 Å². The van der Waals surface area contributed by atoms with Gasteiger partial charge in [-0.3, -0.25) is 0 Å². The van der Waals surface area contributed by atoms with E-state index in [2.05, 4.69) is 35.3 Å². The molecular formula is C17H26N2O2. The number of benzene rings is 1. The fourth-order valence-corrected chi connectivity index (χ4v) is 3.18. The Morgan fingerprint density at radius 1 is 1.29 bits per heavy atom. The van der Waals surface area contributed by atoms with Crippen LogP contribution in [-0.4, -0.2) is 45.0 Å². The zero-order valence-electron chi connectivity index (χ0n) is 12.9. The maximum absolute atomic E-state index is 5.83. The van der Waals surface area contributed by atoms with E-state index in [1.165, 1.54) is 18.5 Å². The number of hydrogen-bond acceptors (Lipinski definition) is 4. The van der Waals surface area contributed by atoms with Gasteiger partial charge in [0.15, 0.2) is 0 Å². The highest BCUT2D eigenvalue weighted by atomic mass is 16.5. The molecule has 2 aliphatic heterocycles. The smallest absolute Gasteiger partial charge is 0.142 e. The number of nitrogens with one attached hydrogen (secondary N) is 1. The molecule has 0 aliphatic carbocycles. The Bertz CT molecular complexity index is 446. The highest BCUT2D eigenvalue weighted by Gasteiger charge is 2.21. The van der Waals surface area contributed by atoms with E-state index in [1.54, 1.807) is 0 Å². The molecular weight excluding hydrogens is 264 g/mol. The molecule has 1 aromatic rings. The molecule has 0 bridgehead atoms. The van der Waals surface area contributed by atoms with Crippen molar-refractivity contribution in [2.24, 2.45) is 0 Å². The van der Waals surface area contributed by atoms with Gasteiger partial charge in [-0.1, -0.05) is 12.1 Å². The van der Waals surface area contributed by atoms with Gasteiger partial charge in [-0.2, -0.15) is 0 Å². The van der Waals surface area contributed by atoms with Crippen LogP contribution in [0.3, 0.4) is 0 Å². The van der Waals surface area contributed by atoms with Gasteiger partial charge in [-0.15, -0.1) is 0 Å². The molecule has 2 atom stereocenters. The zero-order valence-corrected chi connectivity index (χ0v) is 12.9. The van der Waals surface area contributed by atoms with Crippen LogP contribution in [0.4, 0.5) is 5.69 Å². The molecule has 1 saturated heterocycles. The van der Waals surface area contributed by atoms with Crippen LogP contribution in [0.5, 0.6) is 5.75 Å². The Balaban J connectivity index is 1.57. The molecule has 3 rings (SSSR count). The van der Waals surface area contributed by atoms with Crippen molar-refractivity contribution in [3.63, 3.8) is 0 Å². The van der Waals surface area contributed by atoms with Gasteiger partial charge < -0.3 is 19.7 Å². The van der Waals surface area contributed by atoms with Crippen molar-refractivity contribution in [1.82, 2.24) is 5.32 Å². The number of rotatable bonds is 5. The molecule has 2 heterocycles. The van der Waals surface area contributed by atoms with Crippen LogP contribution in [-0.2, 0) is 4.74 Å². The molecule has 116 valence electrons. The molecule has 0 radical (unpaired) electrons. The number of fused-ring (bicyclic) bond motifs is 1. The highest BCUT2D eigenvalue weighted by Crippen LogP contribution is 2.31. The SMILES string of the molecule is CC(CNCC1CCCO1)N1CCCOc2ccccc21. The van der Waals surface area contributed by atoms with Crippen LogP contribution in [0.25, 0.3) is 0 Å². The summed E-state index contributed by atoms with van der Waals surface area (Å²) < 4.78 is 11.5. The Kier molecular flexibility index (Phi) is 4.99. The number of nitrogens with zero attached hydrogens (tertiary/aromatic N) is 1. The molecule has 1 fully saturated rings. The van der Waals surface area contributed by atoms with Gasteiger partial charge in [0.05, 0.1) is 18.4 Å². The fraction of sp³-hybridized carbons (Fsp3) is 0.647. The maximum atomic E-state index is 5.83. The molecule has 1 N–H and O–H groups in total. The second kappa shape index (κ2) is 7.14. The van der Waals surface area contributed by atoms with Crippen molar-refractivity contribution in [3.8, 4) is 5.75 Å². The van der Waals surface area contributed by atoms with Gasteiger partial charge >= 0.3 is 0 Å². The summed E-state index contributed by atoms with van der Waals surface area (Å²) in [5.74, 6) is 1.01. The lowest BCUT2D eigenvalue weighted by molar-refractivity contribution is 0.110. The molecule has 21 heavy (non-hydrogen) atoms. The quantitative estimate of drug-likeness (QED) is 0.903. The first-order valence-electron chi connectivity index (χ1n) is 8.15. The fourth-order valence-electron chi connectivity index (χ4n) is 3.18. The average molecular weight is 290 g/mol. The molecule has 0 spiro atoms. The molecule has 2 aliphatic rings. The third-order valence-corrected chi connectivity index (χ3v) is 4.34. The van der Waals surface area contributed by atoms with Gasteiger partial charge in [0, 0.05) is 32.3 Å². The predicted octanol–water partition coefficient (Wildman–Crippen LogP) is 2.43. The summed E-state index contributed by atoms with van der Waals surface area (Å²) in [6.07, 6.45) is 3.89. The molecule has 4 heteroatoms.